The van der Waals surface area contributed by atoms with Crippen molar-refractivity contribution in [1.29, 1.82) is 0 Å². The van der Waals surface area contributed by atoms with Crippen LogP contribution in [0.5, 0.6) is 0 Å². The van der Waals surface area contributed by atoms with Crippen molar-refractivity contribution in [2.45, 2.75) is 11.8 Å². The summed E-state index contributed by atoms with van der Waals surface area (Å²) in [6.07, 6.45) is 0. The molecule has 1 N–H and O–H groups in total. The molecular formula is C14H11Cl2NO3S. The highest BCUT2D eigenvalue weighted by molar-refractivity contribution is 8.13. The van der Waals surface area contributed by atoms with E-state index in [-0.39, 0.29) is 10.5 Å². The Morgan fingerprint density at radius 2 is 1.86 bits per heavy atom. The molecule has 2 aromatic carbocycles. The predicted octanol–water partition coefficient (Wildman–Crippen LogP) is 3.83. The van der Waals surface area contributed by atoms with E-state index in [0.717, 1.165) is 5.56 Å². The van der Waals surface area contributed by atoms with Crippen LogP contribution in [0.25, 0.3) is 0 Å². The van der Waals surface area contributed by atoms with Gasteiger partial charge >= 0.3 is 0 Å². The molecule has 0 aliphatic heterocycles. The smallest absolute Gasteiger partial charge is 0.261 e. The van der Waals surface area contributed by atoms with Crippen molar-refractivity contribution in [3.8, 4) is 0 Å². The third-order valence-electron chi connectivity index (χ3n) is 2.81. The molecule has 0 saturated heterocycles. The van der Waals surface area contributed by atoms with Gasteiger partial charge in [-0.3, -0.25) is 4.79 Å². The van der Waals surface area contributed by atoms with Crippen molar-refractivity contribution >= 4 is 42.9 Å². The van der Waals surface area contributed by atoms with Crippen LogP contribution in [0.3, 0.4) is 0 Å². The summed E-state index contributed by atoms with van der Waals surface area (Å²) in [7, 11) is 1.39. The van der Waals surface area contributed by atoms with Gasteiger partial charge in [0.25, 0.3) is 15.0 Å². The number of aryl methyl sites for hydroxylation is 1. The Hall–Kier alpha value is -1.56. The van der Waals surface area contributed by atoms with Crippen molar-refractivity contribution < 1.29 is 13.2 Å². The van der Waals surface area contributed by atoms with E-state index in [1.165, 1.54) is 24.3 Å². The third kappa shape index (κ3) is 3.97. The Kier molecular flexibility index (Phi) is 4.56. The molecule has 0 aromatic heterocycles. The highest BCUT2D eigenvalue weighted by Gasteiger charge is 2.14. The van der Waals surface area contributed by atoms with Gasteiger partial charge in [-0.25, -0.2) is 8.42 Å². The van der Waals surface area contributed by atoms with E-state index >= 15 is 0 Å². The zero-order valence-corrected chi connectivity index (χ0v) is 13.3. The second kappa shape index (κ2) is 6.05. The SMILES string of the molecule is Cc1cc(Cl)ccc1NC(=O)c1cccc(S(=O)(=O)Cl)c1. The van der Waals surface area contributed by atoms with Gasteiger partial charge in [-0.05, 0) is 48.9 Å². The van der Waals surface area contributed by atoms with Crippen LogP contribution in [0.15, 0.2) is 47.4 Å². The Morgan fingerprint density at radius 3 is 2.48 bits per heavy atom. The van der Waals surface area contributed by atoms with Gasteiger partial charge in [-0.2, -0.15) is 0 Å². The lowest BCUT2D eigenvalue weighted by Gasteiger charge is -2.09. The number of carbonyl (C=O) groups is 1. The molecule has 2 rings (SSSR count). The third-order valence-corrected chi connectivity index (χ3v) is 4.40. The highest BCUT2D eigenvalue weighted by Crippen LogP contribution is 2.21. The number of rotatable bonds is 3. The Labute approximate surface area is 132 Å². The van der Waals surface area contributed by atoms with E-state index in [1.807, 2.05) is 0 Å². The molecule has 4 nitrogen and oxygen atoms in total. The largest absolute Gasteiger partial charge is 0.322 e. The molecule has 0 aliphatic carbocycles. The zero-order chi connectivity index (χ0) is 15.6. The molecule has 0 aliphatic rings. The van der Waals surface area contributed by atoms with Crippen LogP contribution in [0.2, 0.25) is 5.02 Å². The lowest BCUT2D eigenvalue weighted by Crippen LogP contribution is -2.13. The van der Waals surface area contributed by atoms with Crippen molar-refractivity contribution in [1.82, 2.24) is 0 Å². The lowest BCUT2D eigenvalue weighted by molar-refractivity contribution is 0.102. The number of nitrogens with one attached hydrogen (secondary N) is 1. The molecule has 0 saturated carbocycles. The Morgan fingerprint density at radius 1 is 1.14 bits per heavy atom. The summed E-state index contributed by atoms with van der Waals surface area (Å²) in [6.45, 7) is 1.81. The first-order valence-electron chi connectivity index (χ1n) is 5.89. The first-order chi connectivity index (χ1) is 9.77. The summed E-state index contributed by atoms with van der Waals surface area (Å²) in [6, 6.07) is 10.6. The fraction of sp³-hybridized carbons (Fsp3) is 0.0714. The molecule has 0 fully saturated rings. The minimum Gasteiger partial charge on any atom is -0.322 e. The second-order valence-electron chi connectivity index (χ2n) is 4.38. The van der Waals surface area contributed by atoms with Crippen molar-refractivity contribution in [2.75, 3.05) is 5.32 Å². The van der Waals surface area contributed by atoms with E-state index in [0.29, 0.717) is 10.7 Å². The van der Waals surface area contributed by atoms with Gasteiger partial charge in [0.15, 0.2) is 0 Å². The quantitative estimate of drug-likeness (QED) is 0.861. The molecule has 0 atom stereocenters. The number of hydrogen-bond donors (Lipinski definition) is 1. The summed E-state index contributed by atoms with van der Waals surface area (Å²) in [5, 5.41) is 3.27. The van der Waals surface area contributed by atoms with Gasteiger partial charge < -0.3 is 5.32 Å². The monoisotopic (exact) mass is 343 g/mol. The molecule has 7 heteroatoms. The molecule has 110 valence electrons. The predicted molar refractivity (Wildman–Crippen MR) is 83.6 cm³/mol. The molecule has 0 radical (unpaired) electrons. The normalized spacial score (nSPS) is 11.2. The van der Waals surface area contributed by atoms with E-state index in [2.05, 4.69) is 5.32 Å². The van der Waals surface area contributed by atoms with Crippen molar-refractivity contribution in [2.24, 2.45) is 0 Å². The summed E-state index contributed by atoms with van der Waals surface area (Å²) < 4.78 is 22.6. The van der Waals surface area contributed by atoms with Crippen molar-refractivity contribution in [3.63, 3.8) is 0 Å². The standard InChI is InChI=1S/C14H11Cl2NO3S/c1-9-7-11(15)5-6-13(9)17-14(18)10-3-2-4-12(8-10)21(16,19)20/h2-8H,1H3,(H,17,18). The molecule has 2 aromatic rings. The molecular weight excluding hydrogens is 333 g/mol. The minimum absolute atomic E-state index is 0.121. The molecule has 21 heavy (non-hydrogen) atoms. The van der Waals surface area contributed by atoms with Crippen molar-refractivity contribution in [3.05, 3.63) is 58.6 Å². The number of carbonyl (C=O) groups excluding carboxylic acids is 1. The number of halogens is 2. The first kappa shape index (κ1) is 15.8. The first-order valence-corrected chi connectivity index (χ1v) is 8.58. The maximum absolute atomic E-state index is 12.1. The Bertz CT molecular complexity index is 804. The highest BCUT2D eigenvalue weighted by atomic mass is 35.7. The van der Waals surface area contributed by atoms with Gasteiger partial charge in [0.1, 0.15) is 0 Å². The lowest BCUT2D eigenvalue weighted by atomic mass is 10.1. The molecule has 0 unspecified atom stereocenters. The van der Waals surface area contributed by atoms with Gasteiger partial charge in [-0.15, -0.1) is 0 Å². The molecule has 0 bridgehead atoms. The van der Waals surface area contributed by atoms with E-state index in [1.54, 1.807) is 25.1 Å². The van der Waals surface area contributed by atoms with Crippen LogP contribution in [0.4, 0.5) is 5.69 Å². The van der Waals surface area contributed by atoms with Crippen LogP contribution >= 0.6 is 22.3 Å². The van der Waals surface area contributed by atoms with Crippen LogP contribution in [-0.4, -0.2) is 14.3 Å². The second-order valence-corrected chi connectivity index (χ2v) is 7.38. The van der Waals surface area contributed by atoms with Gasteiger partial charge in [0.05, 0.1) is 4.90 Å². The van der Waals surface area contributed by atoms with Gasteiger partial charge in [0.2, 0.25) is 0 Å². The average molecular weight is 344 g/mol. The maximum Gasteiger partial charge on any atom is 0.261 e. The Balaban J connectivity index is 2.29. The van der Waals surface area contributed by atoms with E-state index in [9.17, 15) is 13.2 Å². The number of benzene rings is 2. The number of hydrogen-bond acceptors (Lipinski definition) is 3. The topological polar surface area (TPSA) is 63.2 Å². The molecule has 0 heterocycles. The van der Waals surface area contributed by atoms with Crippen LogP contribution in [0.1, 0.15) is 15.9 Å². The number of amides is 1. The maximum atomic E-state index is 12.1. The van der Waals surface area contributed by atoms with Gasteiger partial charge in [0, 0.05) is 27.0 Å². The molecule has 1 amide bonds. The summed E-state index contributed by atoms with van der Waals surface area (Å²) in [4.78, 5) is 12.0. The fourth-order valence-electron chi connectivity index (χ4n) is 1.75. The van der Waals surface area contributed by atoms with E-state index < -0.39 is 15.0 Å². The number of anilines is 1. The van der Waals surface area contributed by atoms with Crippen LogP contribution in [-0.2, 0) is 9.05 Å². The fourth-order valence-corrected chi connectivity index (χ4v) is 2.77. The summed E-state index contributed by atoms with van der Waals surface area (Å²) >= 11 is 5.85. The van der Waals surface area contributed by atoms with E-state index in [4.69, 9.17) is 22.3 Å². The minimum atomic E-state index is -3.87. The molecule has 0 spiro atoms. The summed E-state index contributed by atoms with van der Waals surface area (Å²) in [5.41, 5.74) is 1.60. The average Bonchev–Trinajstić information content (AvgIpc) is 2.41. The van der Waals surface area contributed by atoms with Crippen LogP contribution < -0.4 is 5.32 Å². The zero-order valence-electron chi connectivity index (χ0n) is 10.9. The van der Waals surface area contributed by atoms with Gasteiger partial charge in [-0.1, -0.05) is 17.7 Å². The van der Waals surface area contributed by atoms with Crippen LogP contribution in [0, 0.1) is 6.92 Å². The summed E-state index contributed by atoms with van der Waals surface area (Å²) in [5.74, 6) is -0.428.